The normalized spacial score (nSPS) is 11.8. The summed E-state index contributed by atoms with van der Waals surface area (Å²) in [5, 5.41) is 10.6. The molecule has 6 heteroatoms. The Bertz CT molecular complexity index is 634. The molecule has 0 aliphatic rings. The van der Waals surface area contributed by atoms with Gasteiger partial charge in [-0.15, -0.1) is 11.3 Å². The maximum absolute atomic E-state index is 5.89. The van der Waals surface area contributed by atoms with E-state index in [0.717, 1.165) is 34.6 Å². The summed E-state index contributed by atoms with van der Waals surface area (Å²) < 4.78 is 0. The van der Waals surface area contributed by atoms with Crippen LogP contribution in [0.15, 0.2) is 34.6 Å². The highest BCUT2D eigenvalue weighted by atomic mass is 35.5. The molecule has 0 amide bonds. The Morgan fingerprint density at radius 2 is 2.00 bits per heavy atom. The van der Waals surface area contributed by atoms with Crippen molar-refractivity contribution in [3.8, 4) is 0 Å². The first kappa shape index (κ1) is 17.8. The van der Waals surface area contributed by atoms with E-state index in [-0.39, 0.29) is 0 Å². The van der Waals surface area contributed by atoms with Gasteiger partial charge in [-0.1, -0.05) is 37.6 Å². The molecule has 0 bridgehead atoms. The zero-order valence-electron chi connectivity index (χ0n) is 13.8. The van der Waals surface area contributed by atoms with Crippen LogP contribution in [0.1, 0.15) is 36.0 Å². The summed E-state index contributed by atoms with van der Waals surface area (Å²) in [5.41, 5.74) is 2.40. The second kappa shape index (κ2) is 8.89. The highest BCUT2D eigenvalue weighted by molar-refractivity contribution is 7.09. The Hall–Kier alpha value is -1.59. The van der Waals surface area contributed by atoms with Crippen molar-refractivity contribution in [2.75, 3.05) is 13.6 Å². The highest BCUT2D eigenvalue weighted by Crippen LogP contribution is 2.17. The molecule has 0 fully saturated rings. The number of hydrogen-bond donors (Lipinski definition) is 2. The van der Waals surface area contributed by atoms with E-state index >= 15 is 0 Å². The Morgan fingerprint density at radius 3 is 2.61 bits per heavy atom. The molecule has 0 atom stereocenters. The van der Waals surface area contributed by atoms with Gasteiger partial charge in [-0.3, -0.25) is 4.99 Å². The van der Waals surface area contributed by atoms with Crippen LogP contribution in [0.3, 0.4) is 0 Å². The van der Waals surface area contributed by atoms with Crippen molar-refractivity contribution in [2.45, 2.75) is 32.7 Å². The molecule has 1 aromatic heterocycles. The number of nitrogens with zero attached hydrogens (tertiary/aromatic N) is 2. The fourth-order valence-corrected chi connectivity index (χ4v) is 3.05. The molecule has 2 aromatic rings. The van der Waals surface area contributed by atoms with Gasteiger partial charge in [0.1, 0.15) is 5.01 Å². The molecule has 124 valence electrons. The second-order valence-corrected chi connectivity index (χ2v) is 6.93. The van der Waals surface area contributed by atoms with Gasteiger partial charge in [-0.25, -0.2) is 4.98 Å². The summed E-state index contributed by atoms with van der Waals surface area (Å²) in [6, 6.07) is 7.92. The van der Waals surface area contributed by atoms with Crippen molar-refractivity contribution in [1.29, 1.82) is 0 Å². The second-order valence-electron chi connectivity index (χ2n) is 5.55. The van der Waals surface area contributed by atoms with E-state index in [2.05, 4.69) is 39.8 Å². The average Bonchev–Trinajstić information content (AvgIpc) is 3.01. The predicted octanol–water partition coefficient (Wildman–Crippen LogP) is 3.83. The van der Waals surface area contributed by atoms with Crippen LogP contribution in [0.25, 0.3) is 0 Å². The van der Waals surface area contributed by atoms with E-state index in [1.54, 1.807) is 18.4 Å². The third kappa shape index (κ3) is 5.84. The molecule has 0 radical (unpaired) electrons. The molecule has 0 unspecified atom stereocenters. The van der Waals surface area contributed by atoms with Gasteiger partial charge in [-0.05, 0) is 30.0 Å². The first-order chi connectivity index (χ1) is 11.1. The minimum Gasteiger partial charge on any atom is -0.356 e. The lowest BCUT2D eigenvalue weighted by Crippen LogP contribution is -2.37. The molecule has 0 aliphatic carbocycles. The van der Waals surface area contributed by atoms with Crippen LogP contribution in [0, 0.1) is 0 Å². The van der Waals surface area contributed by atoms with Crippen molar-refractivity contribution < 1.29 is 0 Å². The number of aromatic nitrogens is 1. The topological polar surface area (TPSA) is 49.3 Å². The van der Waals surface area contributed by atoms with E-state index in [0.29, 0.717) is 12.5 Å². The maximum Gasteiger partial charge on any atom is 0.191 e. The molecule has 0 aliphatic heterocycles. The van der Waals surface area contributed by atoms with Gasteiger partial charge in [0.2, 0.25) is 0 Å². The van der Waals surface area contributed by atoms with Crippen molar-refractivity contribution >= 4 is 28.9 Å². The highest BCUT2D eigenvalue weighted by Gasteiger charge is 2.06. The van der Waals surface area contributed by atoms with Crippen LogP contribution >= 0.6 is 22.9 Å². The van der Waals surface area contributed by atoms with Gasteiger partial charge < -0.3 is 10.6 Å². The first-order valence-corrected chi connectivity index (χ1v) is 8.97. The minimum absolute atomic E-state index is 0.469. The summed E-state index contributed by atoms with van der Waals surface area (Å²) in [6.45, 7) is 5.82. The monoisotopic (exact) mass is 350 g/mol. The lowest BCUT2D eigenvalue weighted by Gasteiger charge is -2.11. The summed E-state index contributed by atoms with van der Waals surface area (Å²) in [4.78, 5) is 8.85. The Morgan fingerprint density at radius 1 is 1.26 bits per heavy atom. The quantitative estimate of drug-likeness (QED) is 0.615. The van der Waals surface area contributed by atoms with Crippen molar-refractivity contribution in [3.63, 3.8) is 0 Å². The largest absolute Gasteiger partial charge is 0.356 e. The molecular weight excluding hydrogens is 328 g/mol. The van der Waals surface area contributed by atoms with Crippen LogP contribution < -0.4 is 10.6 Å². The van der Waals surface area contributed by atoms with Gasteiger partial charge in [0.25, 0.3) is 0 Å². The van der Waals surface area contributed by atoms with Crippen LogP contribution in [0.2, 0.25) is 5.02 Å². The lowest BCUT2D eigenvalue weighted by atomic mass is 10.1. The van der Waals surface area contributed by atoms with Crippen LogP contribution in [-0.4, -0.2) is 24.5 Å². The van der Waals surface area contributed by atoms with Crippen LogP contribution in [0.5, 0.6) is 0 Å². The number of thiazole rings is 1. The molecule has 2 rings (SSSR count). The van der Waals surface area contributed by atoms with E-state index in [1.165, 1.54) is 5.56 Å². The van der Waals surface area contributed by atoms with Crippen molar-refractivity contribution in [2.24, 2.45) is 4.99 Å². The van der Waals surface area contributed by atoms with E-state index < -0.39 is 0 Å². The number of guanidine groups is 1. The van der Waals surface area contributed by atoms with Crippen LogP contribution in [0.4, 0.5) is 0 Å². The van der Waals surface area contributed by atoms with Gasteiger partial charge in [-0.2, -0.15) is 0 Å². The third-order valence-corrected chi connectivity index (χ3v) is 4.53. The third-order valence-electron chi connectivity index (χ3n) is 3.41. The number of aliphatic imine (C=N–C) groups is 1. The lowest BCUT2D eigenvalue weighted by molar-refractivity contribution is 0.778. The molecule has 0 saturated heterocycles. The van der Waals surface area contributed by atoms with E-state index in [1.807, 2.05) is 24.3 Å². The molecular formula is C17H23ClN4S. The SMILES string of the molecule is CN=C(NCCc1ccc(Cl)cc1)NCc1nc(C(C)C)cs1. The van der Waals surface area contributed by atoms with E-state index in [9.17, 15) is 0 Å². The zero-order valence-corrected chi connectivity index (χ0v) is 15.3. The average molecular weight is 351 g/mol. The molecule has 0 saturated carbocycles. The smallest absolute Gasteiger partial charge is 0.191 e. The Balaban J connectivity index is 1.75. The van der Waals surface area contributed by atoms with Gasteiger partial charge in [0.05, 0.1) is 12.2 Å². The van der Waals surface area contributed by atoms with Crippen molar-refractivity contribution in [1.82, 2.24) is 15.6 Å². The molecule has 0 spiro atoms. The minimum atomic E-state index is 0.469. The fraction of sp³-hybridized carbons (Fsp3) is 0.412. The van der Waals surface area contributed by atoms with Gasteiger partial charge in [0.15, 0.2) is 5.96 Å². The van der Waals surface area contributed by atoms with E-state index in [4.69, 9.17) is 11.6 Å². The molecule has 2 N–H and O–H groups in total. The van der Waals surface area contributed by atoms with Gasteiger partial charge in [0, 0.05) is 24.0 Å². The summed E-state index contributed by atoms with van der Waals surface area (Å²) in [5.74, 6) is 1.26. The Labute approximate surface area is 147 Å². The fourth-order valence-electron chi connectivity index (χ4n) is 2.03. The molecule has 4 nitrogen and oxygen atoms in total. The van der Waals surface area contributed by atoms with Crippen LogP contribution in [-0.2, 0) is 13.0 Å². The number of hydrogen-bond acceptors (Lipinski definition) is 3. The summed E-state index contributed by atoms with van der Waals surface area (Å²) in [7, 11) is 1.78. The number of benzene rings is 1. The molecule has 23 heavy (non-hydrogen) atoms. The molecule has 1 heterocycles. The van der Waals surface area contributed by atoms with Crippen molar-refractivity contribution in [3.05, 3.63) is 50.9 Å². The summed E-state index contributed by atoms with van der Waals surface area (Å²) >= 11 is 7.57. The Kier molecular flexibility index (Phi) is 6.86. The molecule has 1 aromatic carbocycles. The first-order valence-electron chi connectivity index (χ1n) is 7.71. The number of halogens is 1. The standard InChI is InChI=1S/C17H23ClN4S/c1-12(2)15-11-23-16(22-15)10-21-17(19-3)20-9-8-13-4-6-14(18)7-5-13/h4-7,11-12H,8-10H2,1-3H3,(H2,19,20,21). The maximum atomic E-state index is 5.89. The predicted molar refractivity (Wildman–Crippen MR) is 99.6 cm³/mol. The van der Waals surface area contributed by atoms with Gasteiger partial charge >= 0.3 is 0 Å². The summed E-state index contributed by atoms with van der Waals surface area (Å²) in [6.07, 6.45) is 0.923. The zero-order chi connectivity index (χ0) is 16.7. The number of nitrogens with one attached hydrogen (secondary N) is 2. The number of rotatable bonds is 6.